The van der Waals surface area contributed by atoms with Crippen LogP contribution in [0.1, 0.15) is 25.8 Å². The lowest BCUT2D eigenvalue weighted by molar-refractivity contribution is 0.300. The molecule has 0 saturated heterocycles. The molecule has 1 aromatic rings. The van der Waals surface area contributed by atoms with Gasteiger partial charge < -0.3 is 20.3 Å². The highest BCUT2D eigenvalue weighted by atomic mass is 16.5. The minimum atomic E-state index is 0.509. The average molecular weight is 332 g/mol. The van der Waals surface area contributed by atoms with Gasteiger partial charge in [0, 0.05) is 25.7 Å². The van der Waals surface area contributed by atoms with Gasteiger partial charge in [0.15, 0.2) is 5.96 Å². The molecule has 5 nitrogen and oxygen atoms in total. The number of hydrogen-bond donors (Lipinski definition) is 2. The molecule has 0 unspecified atom stereocenters. The second-order valence-electron chi connectivity index (χ2n) is 5.44. The molecule has 0 aliphatic heterocycles. The lowest BCUT2D eigenvalue weighted by Crippen LogP contribution is -2.38. The Kier molecular flexibility index (Phi) is 10.4. The summed E-state index contributed by atoms with van der Waals surface area (Å²) in [6.45, 7) is 13.5. The molecule has 0 aliphatic carbocycles. The van der Waals surface area contributed by atoms with E-state index >= 15 is 0 Å². The quantitative estimate of drug-likeness (QED) is 0.283. The molecule has 1 aromatic carbocycles. The molecule has 0 saturated carbocycles. The van der Waals surface area contributed by atoms with E-state index in [-0.39, 0.29) is 0 Å². The predicted molar refractivity (Wildman–Crippen MR) is 103 cm³/mol. The Labute approximate surface area is 146 Å². The van der Waals surface area contributed by atoms with Crippen molar-refractivity contribution in [2.24, 2.45) is 4.99 Å². The minimum absolute atomic E-state index is 0.509. The van der Waals surface area contributed by atoms with Crippen molar-refractivity contribution in [3.63, 3.8) is 0 Å². The van der Waals surface area contributed by atoms with Crippen molar-refractivity contribution in [2.75, 3.05) is 39.8 Å². The molecule has 0 spiro atoms. The molecule has 0 radical (unpaired) electrons. The summed E-state index contributed by atoms with van der Waals surface area (Å²) in [6.07, 6.45) is 2.85. The van der Waals surface area contributed by atoms with Crippen molar-refractivity contribution in [1.29, 1.82) is 0 Å². The zero-order valence-electron chi connectivity index (χ0n) is 15.3. The Bertz CT molecular complexity index is 498. The number of benzene rings is 1. The van der Waals surface area contributed by atoms with E-state index in [1.54, 1.807) is 13.1 Å². The van der Waals surface area contributed by atoms with Crippen LogP contribution in [0.15, 0.2) is 41.9 Å². The molecule has 1 rings (SSSR count). The van der Waals surface area contributed by atoms with E-state index in [9.17, 15) is 0 Å². The fourth-order valence-corrected chi connectivity index (χ4v) is 2.39. The fraction of sp³-hybridized carbons (Fsp3) is 0.526. The highest BCUT2D eigenvalue weighted by Gasteiger charge is 2.04. The largest absolute Gasteiger partial charge is 0.489 e. The van der Waals surface area contributed by atoms with Gasteiger partial charge in [0.1, 0.15) is 12.4 Å². The molecule has 2 N–H and O–H groups in total. The highest BCUT2D eigenvalue weighted by molar-refractivity contribution is 5.79. The first-order valence-electron chi connectivity index (χ1n) is 8.73. The van der Waals surface area contributed by atoms with Crippen LogP contribution in [-0.2, 0) is 6.54 Å². The van der Waals surface area contributed by atoms with Gasteiger partial charge in [0.2, 0.25) is 0 Å². The lowest BCUT2D eigenvalue weighted by Gasteiger charge is -2.18. The molecule has 0 aliphatic rings. The van der Waals surface area contributed by atoms with Crippen LogP contribution in [0, 0.1) is 0 Å². The fourth-order valence-electron chi connectivity index (χ4n) is 2.39. The van der Waals surface area contributed by atoms with Crippen molar-refractivity contribution >= 4 is 5.96 Å². The maximum Gasteiger partial charge on any atom is 0.191 e. The van der Waals surface area contributed by atoms with Crippen LogP contribution < -0.4 is 15.4 Å². The van der Waals surface area contributed by atoms with Gasteiger partial charge >= 0.3 is 0 Å². The lowest BCUT2D eigenvalue weighted by atomic mass is 10.2. The molecule has 0 bridgehead atoms. The number of nitrogens with one attached hydrogen (secondary N) is 2. The van der Waals surface area contributed by atoms with Crippen molar-refractivity contribution in [3.05, 3.63) is 42.5 Å². The van der Waals surface area contributed by atoms with Gasteiger partial charge in [-0.1, -0.05) is 44.7 Å². The second kappa shape index (κ2) is 12.4. The summed E-state index contributed by atoms with van der Waals surface area (Å²) in [7, 11) is 1.79. The summed E-state index contributed by atoms with van der Waals surface area (Å²) in [5.74, 6) is 1.69. The number of rotatable bonds is 11. The molecule has 0 fully saturated rings. The molecule has 0 atom stereocenters. The Morgan fingerprint density at radius 2 is 2.00 bits per heavy atom. The van der Waals surface area contributed by atoms with Gasteiger partial charge in [0.05, 0.1) is 0 Å². The van der Waals surface area contributed by atoms with Crippen LogP contribution in [0.3, 0.4) is 0 Å². The predicted octanol–water partition coefficient (Wildman–Crippen LogP) is 2.65. The van der Waals surface area contributed by atoms with Gasteiger partial charge in [-0.2, -0.15) is 0 Å². The summed E-state index contributed by atoms with van der Waals surface area (Å²) >= 11 is 0. The van der Waals surface area contributed by atoms with Gasteiger partial charge in [-0.15, -0.1) is 0 Å². The zero-order valence-corrected chi connectivity index (χ0v) is 15.3. The van der Waals surface area contributed by atoms with Crippen LogP contribution in [0.25, 0.3) is 0 Å². The van der Waals surface area contributed by atoms with Crippen LogP contribution in [0.5, 0.6) is 5.75 Å². The van der Waals surface area contributed by atoms with Crippen LogP contribution in [0.2, 0.25) is 0 Å². The first-order chi connectivity index (χ1) is 11.7. The Morgan fingerprint density at radius 1 is 1.25 bits per heavy atom. The topological polar surface area (TPSA) is 48.9 Å². The third-order valence-electron chi connectivity index (χ3n) is 3.84. The molecular formula is C19H32N4O. The van der Waals surface area contributed by atoms with Crippen molar-refractivity contribution in [3.8, 4) is 5.75 Å². The summed E-state index contributed by atoms with van der Waals surface area (Å²) in [5, 5.41) is 6.70. The smallest absolute Gasteiger partial charge is 0.191 e. The number of hydrogen-bond acceptors (Lipinski definition) is 3. The van der Waals surface area contributed by atoms with E-state index in [0.29, 0.717) is 13.2 Å². The van der Waals surface area contributed by atoms with Gasteiger partial charge in [0.25, 0.3) is 0 Å². The Balaban J connectivity index is 2.40. The monoisotopic (exact) mass is 332 g/mol. The zero-order chi connectivity index (χ0) is 17.6. The van der Waals surface area contributed by atoms with Gasteiger partial charge in [-0.05, 0) is 32.1 Å². The molecule has 0 heterocycles. The normalized spacial score (nSPS) is 11.4. The number of aliphatic imine (C=N–C) groups is 1. The summed E-state index contributed by atoms with van der Waals surface area (Å²) in [6, 6.07) is 8.01. The standard InChI is InChI=1S/C19H32N4O/c1-5-15-24-18-12-9-8-11-17(18)16-22-19(20-4)21-13-10-14-23(6-2)7-3/h5,8-9,11-12H,1,6-7,10,13-16H2,2-4H3,(H2,20,21,22). The second-order valence-corrected chi connectivity index (χ2v) is 5.44. The van der Waals surface area contributed by atoms with E-state index in [1.165, 1.54) is 0 Å². The third kappa shape index (κ3) is 7.51. The Morgan fingerprint density at radius 3 is 2.67 bits per heavy atom. The molecular weight excluding hydrogens is 300 g/mol. The first kappa shape index (κ1) is 20.0. The van der Waals surface area contributed by atoms with Crippen molar-refractivity contribution < 1.29 is 4.74 Å². The van der Waals surface area contributed by atoms with Crippen LogP contribution in [0.4, 0.5) is 0 Å². The summed E-state index contributed by atoms with van der Waals surface area (Å²) in [4.78, 5) is 6.70. The van der Waals surface area contributed by atoms with Gasteiger partial charge in [-0.25, -0.2) is 0 Å². The van der Waals surface area contributed by atoms with E-state index in [4.69, 9.17) is 4.74 Å². The molecule has 0 aromatic heterocycles. The third-order valence-corrected chi connectivity index (χ3v) is 3.84. The maximum atomic E-state index is 5.68. The SMILES string of the molecule is C=CCOc1ccccc1CNC(=NC)NCCCN(CC)CC. The molecule has 5 heteroatoms. The molecule has 134 valence electrons. The minimum Gasteiger partial charge on any atom is -0.489 e. The van der Waals surface area contributed by atoms with E-state index in [1.807, 2.05) is 18.2 Å². The van der Waals surface area contributed by atoms with E-state index < -0.39 is 0 Å². The van der Waals surface area contributed by atoms with E-state index in [0.717, 1.165) is 49.9 Å². The Hall–Kier alpha value is -2.01. The van der Waals surface area contributed by atoms with Crippen LogP contribution in [-0.4, -0.2) is 50.7 Å². The average Bonchev–Trinajstić information content (AvgIpc) is 2.63. The summed E-state index contributed by atoms with van der Waals surface area (Å²) in [5.41, 5.74) is 1.10. The molecule has 24 heavy (non-hydrogen) atoms. The summed E-state index contributed by atoms with van der Waals surface area (Å²) < 4.78 is 5.68. The number of ether oxygens (including phenoxy) is 1. The van der Waals surface area contributed by atoms with Gasteiger partial charge in [-0.3, -0.25) is 4.99 Å². The maximum absolute atomic E-state index is 5.68. The first-order valence-corrected chi connectivity index (χ1v) is 8.73. The molecule has 0 amide bonds. The number of para-hydroxylation sites is 1. The van der Waals surface area contributed by atoms with Crippen LogP contribution >= 0.6 is 0 Å². The van der Waals surface area contributed by atoms with E-state index in [2.05, 4.69) is 47.0 Å². The van der Waals surface area contributed by atoms with Crippen molar-refractivity contribution in [1.82, 2.24) is 15.5 Å². The number of nitrogens with zero attached hydrogens (tertiary/aromatic N) is 2. The van der Waals surface area contributed by atoms with Crippen molar-refractivity contribution in [2.45, 2.75) is 26.8 Å². The highest BCUT2D eigenvalue weighted by Crippen LogP contribution is 2.17. The number of guanidine groups is 1.